The smallest absolute Gasteiger partial charge is 0.226 e. The molecule has 21 heavy (non-hydrogen) atoms. The summed E-state index contributed by atoms with van der Waals surface area (Å²) < 4.78 is 5.63. The van der Waals surface area contributed by atoms with Crippen molar-refractivity contribution in [1.29, 1.82) is 0 Å². The fourth-order valence-corrected chi connectivity index (χ4v) is 3.13. The zero-order valence-electron chi connectivity index (χ0n) is 13.5. The summed E-state index contributed by atoms with van der Waals surface area (Å²) in [4.78, 5) is 14.7. The van der Waals surface area contributed by atoms with E-state index in [1.165, 1.54) is 0 Å². The molecule has 1 aromatic rings. The van der Waals surface area contributed by atoms with Crippen LogP contribution in [0.1, 0.15) is 51.1 Å². The molecule has 0 aliphatic heterocycles. The first-order valence-corrected chi connectivity index (χ1v) is 8.07. The molecule has 118 valence electrons. The predicted octanol–water partition coefficient (Wildman–Crippen LogP) is 3.09. The van der Waals surface area contributed by atoms with Gasteiger partial charge in [0.15, 0.2) is 0 Å². The third kappa shape index (κ3) is 4.10. The molecule has 0 bridgehead atoms. The molecule has 1 aliphatic carbocycles. The van der Waals surface area contributed by atoms with Crippen LogP contribution in [0.4, 0.5) is 0 Å². The number of rotatable bonds is 5. The number of carbonyl (C=O) groups is 1. The molecule has 1 saturated carbocycles. The highest BCUT2D eigenvalue weighted by molar-refractivity contribution is 5.79. The zero-order chi connectivity index (χ0) is 15.4. The molecule has 1 amide bonds. The summed E-state index contributed by atoms with van der Waals surface area (Å²) in [5.74, 6) is 2.80. The van der Waals surface area contributed by atoms with Crippen molar-refractivity contribution < 1.29 is 9.21 Å². The van der Waals surface area contributed by atoms with Crippen LogP contribution in [0, 0.1) is 18.8 Å². The average Bonchev–Trinajstić information content (AvgIpc) is 2.89. The fourth-order valence-electron chi connectivity index (χ4n) is 3.13. The lowest BCUT2D eigenvalue weighted by molar-refractivity contribution is -0.139. The number of hydrogen-bond donors (Lipinski definition) is 1. The maximum atomic E-state index is 12.8. The Bertz CT molecular complexity index is 459. The van der Waals surface area contributed by atoms with E-state index in [-0.39, 0.29) is 17.9 Å². The summed E-state index contributed by atoms with van der Waals surface area (Å²) in [5.41, 5.74) is 5.73. The van der Waals surface area contributed by atoms with Gasteiger partial charge in [0, 0.05) is 12.0 Å². The van der Waals surface area contributed by atoms with E-state index in [2.05, 4.69) is 13.8 Å². The molecule has 1 aromatic heterocycles. The molecule has 2 N–H and O–H groups in total. The second-order valence-corrected chi connectivity index (χ2v) is 6.53. The summed E-state index contributed by atoms with van der Waals surface area (Å²) in [6.45, 7) is 7.39. The Morgan fingerprint density at radius 1 is 1.33 bits per heavy atom. The normalized spacial score (nSPS) is 22.5. The number of aryl methyl sites for hydroxylation is 1. The van der Waals surface area contributed by atoms with Crippen molar-refractivity contribution in [2.75, 3.05) is 6.54 Å². The molecule has 1 heterocycles. The maximum Gasteiger partial charge on any atom is 0.226 e. The van der Waals surface area contributed by atoms with E-state index in [1.54, 1.807) is 0 Å². The van der Waals surface area contributed by atoms with Gasteiger partial charge in [0.25, 0.3) is 0 Å². The molecule has 0 aromatic carbocycles. The first kappa shape index (κ1) is 16.1. The van der Waals surface area contributed by atoms with Crippen molar-refractivity contribution in [3.05, 3.63) is 23.7 Å². The number of amides is 1. The maximum absolute atomic E-state index is 12.8. The molecule has 4 nitrogen and oxygen atoms in total. The van der Waals surface area contributed by atoms with Crippen molar-refractivity contribution in [2.45, 2.75) is 59.0 Å². The topological polar surface area (TPSA) is 59.5 Å². The molecule has 0 radical (unpaired) electrons. The van der Waals surface area contributed by atoms with Gasteiger partial charge < -0.3 is 15.1 Å². The summed E-state index contributed by atoms with van der Waals surface area (Å²) in [6, 6.07) is 4.10. The highest BCUT2D eigenvalue weighted by atomic mass is 16.3. The second-order valence-electron chi connectivity index (χ2n) is 6.53. The highest BCUT2D eigenvalue weighted by Crippen LogP contribution is 2.30. The van der Waals surface area contributed by atoms with Crippen molar-refractivity contribution in [3.8, 4) is 0 Å². The van der Waals surface area contributed by atoms with Gasteiger partial charge >= 0.3 is 0 Å². The third-order valence-electron chi connectivity index (χ3n) is 4.56. The van der Waals surface area contributed by atoms with Crippen molar-refractivity contribution in [2.24, 2.45) is 17.6 Å². The predicted molar refractivity (Wildman–Crippen MR) is 83.6 cm³/mol. The number of furan rings is 1. The van der Waals surface area contributed by atoms with Gasteiger partial charge in [-0.2, -0.15) is 0 Å². The molecular weight excluding hydrogens is 264 g/mol. The highest BCUT2D eigenvalue weighted by Gasteiger charge is 2.30. The van der Waals surface area contributed by atoms with Gasteiger partial charge in [-0.25, -0.2) is 0 Å². The minimum Gasteiger partial charge on any atom is -0.464 e. The molecule has 0 atom stereocenters. The van der Waals surface area contributed by atoms with Gasteiger partial charge in [-0.15, -0.1) is 0 Å². The summed E-state index contributed by atoms with van der Waals surface area (Å²) in [7, 11) is 0. The van der Waals surface area contributed by atoms with Gasteiger partial charge in [-0.1, -0.05) is 0 Å². The zero-order valence-corrected chi connectivity index (χ0v) is 13.5. The Hall–Kier alpha value is -1.29. The van der Waals surface area contributed by atoms with Crippen molar-refractivity contribution in [1.82, 2.24) is 4.90 Å². The van der Waals surface area contributed by atoms with Gasteiger partial charge in [0.1, 0.15) is 11.5 Å². The van der Waals surface area contributed by atoms with Crippen LogP contribution in [0.5, 0.6) is 0 Å². The van der Waals surface area contributed by atoms with E-state index >= 15 is 0 Å². The first-order valence-electron chi connectivity index (χ1n) is 8.07. The van der Waals surface area contributed by atoms with E-state index in [4.69, 9.17) is 10.2 Å². The Morgan fingerprint density at radius 3 is 2.48 bits per heavy atom. The van der Waals surface area contributed by atoms with Crippen molar-refractivity contribution >= 4 is 5.91 Å². The minimum atomic E-state index is 0.159. The number of nitrogens with two attached hydrogens (primary N) is 1. The van der Waals surface area contributed by atoms with E-state index in [0.717, 1.165) is 43.7 Å². The first-order chi connectivity index (χ1) is 10.0. The number of hydrogen-bond acceptors (Lipinski definition) is 3. The molecule has 4 heteroatoms. The van der Waals surface area contributed by atoms with Crippen molar-refractivity contribution in [3.63, 3.8) is 0 Å². The monoisotopic (exact) mass is 292 g/mol. The van der Waals surface area contributed by atoms with E-state index in [0.29, 0.717) is 12.5 Å². The molecular formula is C17H28N2O2. The van der Waals surface area contributed by atoms with Crippen LogP contribution < -0.4 is 5.73 Å². The standard InChI is InChI=1S/C17H28N2O2/c1-12(2)19(11-16-9-4-13(3)21-16)17(20)15-7-5-14(10-18)6-8-15/h4,9,12,14-15H,5-8,10-11,18H2,1-3H3. The van der Waals surface area contributed by atoms with Crippen LogP contribution in [-0.4, -0.2) is 23.4 Å². The lowest BCUT2D eigenvalue weighted by atomic mass is 9.81. The largest absolute Gasteiger partial charge is 0.464 e. The molecule has 1 aliphatic rings. The second kappa shape index (κ2) is 7.12. The lowest BCUT2D eigenvalue weighted by Crippen LogP contribution is -2.41. The fraction of sp³-hybridized carbons (Fsp3) is 0.706. The Morgan fingerprint density at radius 2 is 2.00 bits per heavy atom. The van der Waals surface area contributed by atoms with Crippen LogP contribution in [0.2, 0.25) is 0 Å². The van der Waals surface area contributed by atoms with Crippen LogP contribution in [0.15, 0.2) is 16.5 Å². The SMILES string of the molecule is Cc1ccc(CN(C(=O)C2CCC(CN)CC2)C(C)C)o1. The minimum absolute atomic E-state index is 0.159. The van der Waals surface area contributed by atoms with E-state index in [9.17, 15) is 4.79 Å². The van der Waals surface area contributed by atoms with E-state index < -0.39 is 0 Å². The quantitative estimate of drug-likeness (QED) is 0.907. The molecule has 0 spiro atoms. The summed E-state index contributed by atoms with van der Waals surface area (Å²) in [5, 5.41) is 0. The van der Waals surface area contributed by atoms with Gasteiger partial charge in [-0.3, -0.25) is 4.79 Å². The summed E-state index contributed by atoms with van der Waals surface area (Å²) in [6.07, 6.45) is 4.11. The Balaban J connectivity index is 1.99. The van der Waals surface area contributed by atoms with Crippen LogP contribution >= 0.6 is 0 Å². The number of nitrogens with zero attached hydrogens (tertiary/aromatic N) is 1. The van der Waals surface area contributed by atoms with Crippen LogP contribution in [0.3, 0.4) is 0 Å². The van der Waals surface area contributed by atoms with Crippen LogP contribution in [0.25, 0.3) is 0 Å². The average molecular weight is 292 g/mol. The molecule has 0 saturated heterocycles. The molecule has 1 fully saturated rings. The lowest BCUT2D eigenvalue weighted by Gasteiger charge is -2.33. The molecule has 0 unspecified atom stereocenters. The third-order valence-corrected chi connectivity index (χ3v) is 4.56. The summed E-state index contributed by atoms with van der Waals surface area (Å²) >= 11 is 0. The van der Waals surface area contributed by atoms with Gasteiger partial charge in [0.2, 0.25) is 5.91 Å². The molecule has 2 rings (SSSR count). The van der Waals surface area contributed by atoms with E-state index in [1.807, 2.05) is 24.0 Å². The van der Waals surface area contributed by atoms with Gasteiger partial charge in [-0.05, 0) is 71.0 Å². The van der Waals surface area contributed by atoms with Gasteiger partial charge in [0.05, 0.1) is 6.54 Å². The number of carbonyl (C=O) groups excluding carboxylic acids is 1. The van der Waals surface area contributed by atoms with Crippen LogP contribution in [-0.2, 0) is 11.3 Å². The Labute approximate surface area is 127 Å². The Kier molecular flexibility index (Phi) is 5.45.